The number of nitrogens with two attached hydrogens (primary N) is 1. The van der Waals surface area contributed by atoms with Crippen LogP contribution >= 0.6 is 11.6 Å². The van der Waals surface area contributed by atoms with Crippen LogP contribution in [0.25, 0.3) is 0 Å². The van der Waals surface area contributed by atoms with Crippen LogP contribution < -0.4 is 5.73 Å². The van der Waals surface area contributed by atoms with E-state index in [9.17, 15) is 0 Å². The maximum Gasteiger partial charge on any atom is 0.103 e. The lowest BCUT2D eigenvalue weighted by Crippen LogP contribution is -2.18. The molecule has 0 aliphatic rings. The number of hydrogen-bond donors (Lipinski definition) is 1. The van der Waals surface area contributed by atoms with Crippen LogP contribution in [0.4, 0.5) is 0 Å². The molecule has 0 fully saturated rings. The van der Waals surface area contributed by atoms with E-state index in [4.69, 9.17) is 21.8 Å². The number of rotatable bonds is 5. The predicted octanol–water partition coefficient (Wildman–Crippen LogP) is 3.34. The molecule has 1 atom stereocenters. The summed E-state index contributed by atoms with van der Waals surface area (Å²) in [5.41, 5.74) is 7.11. The highest BCUT2D eigenvalue weighted by atomic mass is 35.5. The normalized spacial score (nSPS) is 13.2. The minimum atomic E-state index is -0.132. The van der Waals surface area contributed by atoms with Crippen LogP contribution in [-0.4, -0.2) is 9.78 Å². The molecule has 2 aromatic heterocycles. The fraction of sp³-hybridized carbons (Fsp3) is 0.462. The molecule has 0 amide bonds. The SMILES string of the molecule is CC(C)n1ncc(Cl)c1C(N)CCc1ccco1. The van der Waals surface area contributed by atoms with Crippen LogP contribution in [-0.2, 0) is 6.42 Å². The molecule has 18 heavy (non-hydrogen) atoms. The van der Waals surface area contributed by atoms with Crippen LogP contribution in [0.1, 0.15) is 43.8 Å². The topological polar surface area (TPSA) is 57.0 Å². The van der Waals surface area contributed by atoms with E-state index in [0.717, 1.165) is 24.3 Å². The largest absolute Gasteiger partial charge is 0.469 e. The third kappa shape index (κ3) is 2.76. The second-order valence-corrected chi connectivity index (χ2v) is 5.05. The van der Waals surface area contributed by atoms with Gasteiger partial charge in [-0.15, -0.1) is 0 Å². The van der Waals surface area contributed by atoms with Gasteiger partial charge in [0.2, 0.25) is 0 Å². The van der Waals surface area contributed by atoms with Crippen molar-refractivity contribution in [3.63, 3.8) is 0 Å². The van der Waals surface area contributed by atoms with Crippen molar-refractivity contribution in [2.45, 2.75) is 38.8 Å². The van der Waals surface area contributed by atoms with Crippen LogP contribution in [0.15, 0.2) is 29.0 Å². The molecular formula is C13H18ClN3O. The lowest BCUT2D eigenvalue weighted by atomic mass is 10.1. The second kappa shape index (κ2) is 5.59. The van der Waals surface area contributed by atoms with Gasteiger partial charge in [0.15, 0.2) is 0 Å². The number of halogens is 1. The lowest BCUT2D eigenvalue weighted by molar-refractivity contribution is 0.456. The summed E-state index contributed by atoms with van der Waals surface area (Å²) in [6.07, 6.45) is 4.91. The highest BCUT2D eigenvalue weighted by Crippen LogP contribution is 2.26. The number of nitrogens with zero attached hydrogens (tertiary/aromatic N) is 2. The molecular weight excluding hydrogens is 250 g/mol. The number of aromatic nitrogens is 2. The first-order chi connectivity index (χ1) is 8.59. The first-order valence-corrected chi connectivity index (χ1v) is 6.48. The van der Waals surface area contributed by atoms with Crippen molar-refractivity contribution >= 4 is 11.6 Å². The summed E-state index contributed by atoms with van der Waals surface area (Å²) in [6.45, 7) is 4.12. The molecule has 0 aromatic carbocycles. The van der Waals surface area contributed by atoms with E-state index >= 15 is 0 Å². The van der Waals surface area contributed by atoms with E-state index in [2.05, 4.69) is 18.9 Å². The number of hydrogen-bond acceptors (Lipinski definition) is 3. The Morgan fingerprint density at radius 1 is 1.50 bits per heavy atom. The van der Waals surface area contributed by atoms with Gasteiger partial charge in [-0.05, 0) is 32.4 Å². The molecule has 0 saturated heterocycles. The molecule has 0 spiro atoms. The first-order valence-electron chi connectivity index (χ1n) is 6.10. The maximum atomic E-state index is 6.21. The minimum absolute atomic E-state index is 0.132. The van der Waals surface area contributed by atoms with E-state index < -0.39 is 0 Å². The van der Waals surface area contributed by atoms with E-state index in [1.54, 1.807) is 12.5 Å². The molecule has 1 unspecified atom stereocenters. The molecule has 4 nitrogen and oxygen atoms in total. The molecule has 2 rings (SSSR count). The molecule has 2 heterocycles. The van der Waals surface area contributed by atoms with E-state index in [0.29, 0.717) is 5.02 Å². The van der Waals surface area contributed by atoms with Crippen molar-refractivity contribution in [2.24, 2.45) is 5.73 Å². The van der Waals surface area contributed by atoms with Gasteiger partial charge in [-0.3, -0.25) is 4.68 Å². The van der Waals surface area contributed by atoms with Crippen LogP contribution in [0, 0.1) is 0 Å². The van der Waals surface area contributed by atoms with Gasteiger partial charge in [0, 0.05) is 18.5 Å². The van der Waals surface area contributed by atoms with Crippen molar-refractivity contribution in [1.82, 2.24) is 9.78 Å². The van der Waals surface area contributed by atoms with Gasteiger partial charge >= 0.3 is 0 Å². The molecule has 98 valence electrons. The van der Waals surface area contributed by atoms with Crippen LogP contribution in [0.2, 0.25) is 5.02 Å². The monoisotopic (exact) mass is 267 g/mol. The van der Waals surface area contributed by atoms with Crippen LogP contribution in [0.3, 0.4) is 0 Å². The predicted molar refractivity (Wildman–Crippen MR) is 71.6 cm³/mol. The lowest BCUT2D eigenvalue weighted by Gasteiger charge is -2.16. The van der Waals surface area contributed by atoms with Gasteiger partial charge in [0.05, 0.1) is 23.2 Å². The molecule has 2 aromatic rings. The molecule has 0 radical (unpaired) electrons. The van der Waals surface area contributed by atoms with E-state index in [1.807, 2.05) is 16.8 Å². The molecule has 5 heteroatoms. The third-order valence-electron chi connectivity index (χ3n) is 2.91. The molecule has 0 aliphatic heterocycles. The highest BCUT2D eigenvalue weighted by molar-refractivity contribution is 6.31. The summed E-state index contributed by atoms with van der Waals surface area (Å²) in [7, 11) is 0. The van der Waals surface area contributed by atoms with Crippen molar-refractivity contribution in [2.75, 3.05) is 0 Å². The van der Waals surface area contributed by atoms with E-state index in [-0.39, 0.29) is 12.1 Å². The summed E-state index contributed by atoms with van der Waals surface area (Å²) in [5.74, 6) is 0.942. The maximum absolute atomic E-state index is 6.21. The molecule has 0 bridgehead atoms. The van der Waals surface area contributed by atoms with Crippen LogP contribution in [0.5, 0.6) is 0 Å². The van der Waals surface area contributed by atoms with Gasteiger partial charge in [-0.25, -0.2) is 0 Å². The van der Waals surface area contributed by atoms with Gasteiger partial charge < -0.3 is 10.2 Å². The Balaban J connectivity index is 2.08. The minimum Gasteiger partial charge on any atom is -0.469 e. The Hall–Kier alpha value is -1.26. The van der Waals surface area contributed by atoms with Gasteiger partial charge in [-0.2, -0.15) is 5.10 Å². The van der Waals surface area contributed by atoms with Gasteiger partial charge in [-0.1, -0.05) is 11.6 Å². The van der Waals surface area contributed by atoms with E-state index in [1.165, 1.54) is 0 Å². The van der Waals surface area contributed by atoms with Crippen molar-refractivity contribution in [3.8, 4) is 0 Å². The average molecular weight is 268 g/mol. The van der Waals surface area contributed by atoms with Gasteiger partial charge in [0.1, 0.15) is 5.76 Å². The van der Waals surface area contributed by atoms with Gasteiger partial charge in [0.25, 0.3) is 0 Å². The smallest absolute Gasteiger partial charge is 0.103 e. The Morgan fingerprint density at radius 3 is 2.89 bits per heavy atom. The average Bonchev–Trinajstić information content (AvgIpc) is 2.94. The van der Waals surface area contributed by atoms with Crippen molar-refractivity contribution in [1.29, 1.82) is 0 Å². The fourth-order valence-electron chi connectivity index (χ4n) is 2.00. The summed E-state index contributed by atoms with van der Waals surface area (Å²) < 4.78 is 7.18. The molecule has 2 N–H and O–H groups in total. The Labute approximate surface area is 112 Å². The molecule has 0 aliphatic carbocycles. The summed E-state index contributed by atoms with van der Waals surface area (Å²) in [6, 6.07) is 3.95. The van der Waals surface area contributed by atoms with Crippen molar-refractivity contribution in [3.05, 3.63) is 41.1 Å². The molecule has 0 saturated carbocycles. The zero-order chi connectivity index (χ0) is 13.1. The summed E-state index contributed by atoms with van der Waals surface area (Å²) >= 11 is 6.16. The summed E-state index contributed by atoms with van der Waals surface area (Å²) in [5, 5.41) is 4.90. The third-order valence-corrected chi connectivity index (χ3v) is 3.20. The van der Waals surface area contributed by atoms with Crippen molar-refractivity contribution < 1.29 is 4.42 Å². The zero-order valence-corrected chi connectivity index (χ0v) is 11.4. The number of aryl methyl sites for hydroxylation is 1. The number of furan rings is 1. The Bertz CT molecular complexity index is 490. The standard InChI is InChI=1S/C13H18ClN3O/c1-9(2)17-13(11(14)8-16-17)12(15)6-5-10-4-3-7-18-10/h3-4,7-9,12H,5-6,15H2,1-2H3. The fourth-order valence-corrected chi connectivity index (χ4v) is 2.27. The summed E-state index contributed by atoms with van der Waals surface area (Å²) in [4.78, 5) is 0. The first kappa shape index (κ1) is 13.2. The Morgan fingerprint density at radius 2 is 2.28 bits per heavy atom. The Kier molecular flexibility index (Phi) is 4.09. The quantitative estimate of drug-likeness (QED) is 0.904. The second-order valence-electron chi connectivity index (χ2n) is 4.64. The zero-order valence-electron chi connectivity index (χ0n) is 10.6. The highest BCUT2D eigenvalue weighted by Gasteiger charge is 2.18.